The summed E-state index contributed by atoms with van der Waals surface area (Å²) in [5.41, 5.74) is -0.426. The van der Waals surface area contributed by atoms with Gasteiger partial charge in [-0.05, 0) is 13.1 Å². The molecule has 0 aromatic carbocycles. The number of halogens is 4. The molecule has 1 aromatic rings. The van der Waals surface area contributed by atoms with Crippen LogP contribution >= 0.6 is 11.6 Å². The minimum Gasteiger partial charge on any atom is -0.314 e. The van der Waals surface area contributed by atoms with Gasteiger partial charge in [-0.3, -0.25) is 4.98 Å². The Balaban J connectivity index is 3.01. The topological polar surface area (TPSA) is 24.9 Å². The third kappa shape index (κ3) is 2.59. The molecule has 1 N–H and O–H groups in total. The first kappa shape index (κ1) is 11.3. The van der Waals surface area contributed by atoms with Gasteiger partial charge in [-0.15, -0.1) is 0 Å². The molecule has 0 amide bonds. The molecule has 0 saturated heterocycles. The zero-order chi connectivity index (χ0) is 10.8. The molecule has 0 bridgehead atoms. The van der Waals surface area contributed by atoms with Crippen LogP contribution in [0.1, 0.15) is 11.3 Å². The van der Waals surface area contributed by atoms with Crippen LogP contribution in [-0.2, 0) is 12.7 Å². The van der Waals surface area contributed by atoms with E-state index in [-0.39, 0.29) is 5.02 Å². The highest BCUT2D eigenvalue weighted by molar-refractivity contribution is 6.31. The molecular formula is C8H8ClF3N2. The van der Waals surface area contributed by atoms with Gasteiger partial charge in [-0.1, -0.05) is 11.6 Å². The quantitative estimate of drug-likeness (QED) is 0.835. The van der Waals surface area contributed by atoms with Crippen LogP contribution < -0.4 is 5.32 Å². The van der Waals surface area contributed by atoms with E-state index in [2.05, 4.69) is 10.3 Å². The molecule has 0 saturated carbocycles. The molecule has 6 heteroatoms. The average Bonchev–Trinajstić information content (AvgIpc) is 2.07. The summed E-state index contributed by atoms with van der Waals surface area (Å²) in [6.45, 7) is 0.344. The van der Waals surface area contributed by atoms with Crippen LogP contribution in [0.25, 0.3) is 0 Å². The number of nitrogens with zero attached hydrogens (tertiary/aromatic N) is 1. The lowest BCUT2D eigenvalue weighted by Gasteiger charge is -2.08. The maximum absolute atomic E-state index is 12.2. The van der Waals surface area contributed by atoms with Crippen molar-refractivity contribution in [2.45, 2.75) is 12.7 Å². The Morgan fingerprint density at radius 2 is 2.14 bits per heavy atom. The highest BCUT2D eigenvalue weighted by atomic mass is 35.5. The van der Waals surface area contributed by atoms with Crippen molar-refractivity contribution in [1.29, 1.82) is 0 Å². The SMILES string of the molecule is CNCc1ncc(C(F)(F)F)cc1Cl. The number of nitrogens with one attached hydrogen (secondary N) is 1. The second kappa shape index (κ2) is 4.14. The van der Waals surface area contributed by atoms with Crippen LogP contribution in [0.15, 0.2) is 12.3 Å². The maximum atomic E-state index is 12.2. The zero-order valence-electron chi connectivity index (χ0n) is 7.32. The minimum absolute atomic E-state index is 0.0224. The van der Waals surface area contributed by atoms with Crippen LogP contribution in [0, 0.1) is 0 Å². The number of rotatable bonds is 2. The molecule has 2 nitrogen and oxygen atoms in total. The van der Waals surface area contributed by atoms with E-state index in [0.717, 1.165) is 12.3 Å². The Kier molecular flexibility index (Phi) is 3.34. The normalized spacial score (nSPS) is 11.8. The Bertz CT molecular complexity index is 325. The molecule has 0 aliphatic rings. The summed E-state index contributed by atoms with van der Waals surface area (Å²) >= 11 is 5.61. The van der Waals surface area contributed by atoms with E-state index in [0.29, 0.717) is 12.2 Å². The fraction of sp³-hybridized carbons (Fsp3) is 0.375. The number of hydrogen-bond acceptors (Lipinski definition) is 2. The van der Waals surface area contributed by atoms with Gasteiger partial charge in [0.2, 0.25) is 0 Å². The van der Waals surface area contributed by atoms with E-state index in [9.17, 15) is 13.2 Å². The standard InChI is InChI=1S/C8H8ClF3N2/c1-13-4-7-6(9)2-5(3-14-7)8(10,11)12/h2-3,13H,4H2,1H3. The largest absolute Gasteiger partial charge is 0.417 e. The van der Waals surface area contributed by atoms with Gasteiger partial charge in [-0.25, -0.2) is 0 Å². The summed E-state index contributed by atoms with van der Waals surface area (Å²) in [6.07, 6.45) is -3.62. The van der Waals surface area contributed by atoms with Gasteiger partial charge >= 0.3 is 6.18 Å². The third-order valence-electron chi connectivity index (χ3n) is 1.59. The Morgan fingerprint density at radius 3 is 2.57 bits per heavy atom. The summed E-state index contributed by atoms with van der Waals surface area (Å²) < 4.78 is 36.5. The molecule has 1 heterocycles. The second-order valence-electron chi connectivity index (χ2n) is 2.68. The number of hydrogen-bond donors (Lipinski definition) is 1. The highest BCUT2D eigenvalue weighted by Crippen LogP contribution is 2.30. The van der Waals surface area contributed by atoms with Gasteiger partial charge in [0.15, 0.2) is 0 Å². The fourth-order valence-corrected chi connectivity index (χ4v) is 1.15. The van der Waals surface area contributed by atoms with Gasteiger partial charge in [0.25, 0.3) is 0 Å². The first-order valence-corrected chi connectivity index (χ1v) is 4.19. The Labute approximate surface area is 84.1 Å². The van der Waals surface area contributed by atoms with Crippen LogP contribution in [0.4, 0.5) is 13.2 Å². The molecule has 1 aromatic heterocycles. The Hall–Kier alpha value is -0.810. The van der Waals surface area contributed by atoms with Crippen molar-refractivity contribution in [3.05, 3.63) is 28.5 Å². The minimum atomic E-state index is -4.39. The highest BCUT2D eigenvalue weighted by Gasteiger charge is 2.31. The summed E-state index contributed by atoms with van der Waals surface area (Å²) in [5.74, 6) is 0. The second-order valence-corrected chi connectivity index (χ2v) is 3.09. The van der Waals surface area contributed by atoms with Gasteiger partial charge < -0.3 is 5.32 Å². The predicted molar refractivity (Wildman–Crippen MR) is 47.0 cm³/mol. The number of alkyl halides is 3. The van der Waals surface area contributed by atoms with E-state index in [4.69, 9.17) is 11.6 Å². The van der Waals surface area contributed by atoms with Crippen molar-refractivity contribution in [3.8, 4) is 0 Å². The molecule has 0 spiro atoms. The molecule has 0 aliphatic heterocycles. The van der Waals surface area contributed by atoms with Gasteiger partial charge in [0.05, 0.1) is 16.3 Å². The summed E-state index contributed by atoms with van der Waals surface area (Å²) in [6, 6.07) is 0.876. The fourth-order valence-electron chi connectivity index (χ4n) is 0.919. The molecular weight excluding hydrogens is 217 g/mol. The van der Waals surface area contributed by atoms with Crippen LogP contribution in [0.5, 0.6) is 0 Å². The zero-order valence-corrected chi connectivity index (χ0v) is 8.08. The van der Waals surface area contributed by atoms with Crippen molar-refractivity contribution in [3.63, 3.8) is 0 Å². The summed E-state index contributed by atoms with van der Waals surface area (Å²) in [4.78, 5) is 3.62. The monoisotopic (exact) mass is 224 g/mol. The predicted octanol–water partition coefficient (Wildman–Crippen LogP) is 2.47. The number of pyridine rings is 1. The first-order valence-electron chi connectivity index (χ1n) is 3.81. The van der Waals surface area contributed by atoms with E-state index < -0.39 is 11.7 Å². The van der Waals surface area contributed by atoms with Crippen molar-refractivity contribution >= 4 is 11.6 Å². The molecule has 0 radical (unpaired) electrons. The smallest absolute Gasteiger partial charge is 0.314 e. The molecule has 78 valence electrons. The van der Waals surface area contributed by atoms with E-state index in [1.54, 1.807) is 7.05 Å². The van der Waals surface area contributed by atoms with Gasteiger partial charge in [0.1, 0.15) is 0 Å². The number of aromatic nitrogens is 1. The van der Waals surface area contributed by atoms with Crippen LogP contribution in [0.2, 0.25) is 5.02 Å². The molecule has 0 fully saturated rings. The molecule has 0 unspecified atom stereocenters. The van der Waals surface area contributed by atoms with Crippen LogP contribution in [0.3, 0.4) is 0 Å². The van der Waals surface area contributed by atoms with Crippen molar-refractivity contribution in [2.24, 2.45) is 0 Å². The van der Waals surface area contributed by atoms with Gasteiger partial charge in [-0.2, -0.15) is 13.2 Å². The lowest BCUT2D eigenvalue weighted by atomic mass is 10.2. The Morgan fingerprint density at radius 1 is 1.50 bits per heavy atom. The third-order valence-corrected chi connectivity index (χ3v) is 1.92. The van der Waals surface area contributed by atoms with E-state index in [1.807, 2.05) is 0 Å². The lowest BCUT2D eigenvalue weighted by molar-refractivity contribution is -0.137. The maximum Gasteiger partial charge on any atom is 0.417 e. The van der Waals surface area contributed by atoms with Crippen LogP contribution in [-0.4, -0.2) is 12.0 Å². The summed E-state index contributed by atoms with van der Waals surface area (Å²) in [7, 11) is 1.66. The molecule has 0 atom stereocenters. The lowest BCUT2D eigenvalue weighted by Crippen LogP contribution is -2.10. The van der Waals surface area contributed by atoms with Crippen molar-refractivity contribution in [1.82, 2.24) is 10.3 Å². The average molecular weight is 225 g/mol. The van der Waals surface area contributed by atoms with E-state index in [1.165, 1.54) is 0 Å². The van der Waals surface area contributed by atoms with E-state index >= 15 is 0 Å². The van der Waals surface area contributed by atoms with Crippen molar-refractivity contribution in [2.75, 3.05) is 7.05 Å². The van der Waals surface area contributed by atoms with Gasteiger partial charge in [0, 0.05) is 12.7 Å². The molecule has 1 rings (SSSR count). The van der Waals surface area contributed by atoms with Crippen molar-refractivity contribution < 1.29 is 13.2 Å². The molecule has 14 heavy (non-hydrogen) atoms. The first-order chi connectivity index (χ1) is 6.45. The molecule has 0 aliphatic carbocycles. The summed E-state index contributed by atoms with van der Waals surface area (Å²) in [5, 5.41) is 2.78.